The molecule has 1 rings (SSSR count). The second-order valence-corrected chi connectivity index (χ2v) is 5.88. The van der Waals surface area contributed by atoms with Gasteiger partial charge in [0, 0.05) is 6.04 Å². The molecule has 0 radical (unpaired) electrons. The van der Waals surface area contributed by atoms with Gasteiger partial charge in [0.05, 0.1) is 7.11 Å². The molecule has 1 aromatic rings. The molecule has 0 aliphatic carbocycles. The van der Waals surface area contributed by atoms with E-state index >= 15 is 0 Å². The van der Waals surface area contributed by atoms with Crippen LogP contribution in [0.15, 0.2) is 24.3 Å². The molecule has 120 valence electrons. The van der Waals surface area contributed by atoms with Crippen LogP contribution in [0.3, 0.4) is 0 Å². The summed E-state index contributed by atoms with van der Waals surface area (Å²) in [6.45, 7) is 2.27. The third-order valence-electron chi connectivity index (χ3n) is 4.21. The number of hydrogen-bond donors (Lipinski definition) is 1. The van der Waals surface area contributed by atoms with Crippen LogP contribution in [0.25, 0.3) is 0 Å². The summed E-state index contributed by atoms with van der Waals surface area (Å²) in [5.74, 6) is 0.931. The standard InChI is InChI=1S/C19H33NO/c1-4-5-6-7-8-9-10-11-12-19(20-2)17-13-15-18(21-3)16-14-17/h13-16,19-20H,4-12H2,1-3H3. The van der Waals surface area contributed by atoms with E-state index in [0.29, 0.717) is 6.04 Å². The fourth-order valence-electron chi connectivity index (χ4n) is 2.80. The van der Waals surface area contributed by atoms with Crippen LogP contribution in [0, 0.1) is 0 Å². The molecule has 0 saturated heterocycles. The minimum Gasteiger partial charge on any atom is -0.497 e. The van der Waals surface area contributed by atoms with Crippen molar-refractivity contribution in [3.05, 3.63) is 29.8 Å². The number of rotatable bonds is 12. The van der Waals surface area contributed by atoms with E-state index in [1.807, 2.05) is 12.1 Å². The SMILES string of the molecule is CCCCCCCCCCC(NC)c1ccc(OC)cc1. The lowest BCUT2D eigenvalue weighted by molar-refractivity contribution is 0.414. The summed E-state index contributed by atoms with van der Waals surface area (Å²) in [4.78, 5) is 0. The van der Waals surface area contributed by atoms with Gasteiger partial charge >= 0.3 is 0 Å². The molecule has 0 aromatic heterocycles. The Balaban J connectivity index is 2.18. The molecular formula is C19H33NO. The van der Waals surface area contributed by atoms with Crippen LogP contribution in [0.2, 0.25) is 0 Å². The molecule has 0 aliphatic rings. The Morgan fingerprint density at radius 3 is 2.00 bits per heavy atom. The second-order valence-electron chi connectivity index (χ2n) is 5.88. The van der Waals surface area contributed by atoms with Gasteiger partial charge in [-0.3, -0.25) is 0 Å². The van der Waals surface area contributed by atoms with Crippen molar-refractivity contribution in [1.82, 2.24) is 5.32 Å². The van der Waals surface area contributed by atoms with Gasteiger partial charge in [0.1, 0.15) is 5.75 Å². The van der Waals surface area contributed by atoms with E-state index in [0.717, 1.165) is 5.75 Å². The maximum atomic E-state index is 5.22. The number of benzene rings is 1. The molecule has 1 N–H and O–H groups in total. The molecule has 2 nitrogen and oxygen atoms in total. The summed E-state index contributed by atoms with van der Waals surface area (Å²) in [5, 5.41) is 3.43. The summed E-state index contributed by atoms with van der Waals surface area (Å²) in [7, 11) is 3.77. The maximum Gasteiger partial charge on any atom is 0.118 e. The fourth-order valence-corrected chi connectivity index (χ4v) is 2.80. The first-order valence-electron chi connectivity index (χ1n) is 8.63. The summed E-state index contributed by atoms with van der Waals surface area (Å²) in [6, 6.07) is 8.91. The molecule has 1 aromatic carbocycles. The highest BCUT2D eigenvalue weighted by atomic mass is 16.5. The van der Waals surface area contributed by atoms with Crippen LogP contribution >= 0.6 is 0 Å². The molecule has 21 heavy (non-hydrogen) atoms. The van der Waals surface area contributed by atoms with Gasteiger partial charge in [-0.2, -0.15) is 0 Å². The normalized spacial score (nSPS) is 12.3. The van der Waals surface area contributed by atoms with Gasteiger partial charge < -0.3 is 10.1 Å². The largest absolute Gasteiger partial charge is 0.497 e. The predicted octanol–water partition coefficient (Wildman–Crippen LogP) is 5.49. The van der Waals surface area contributed by atoms with Gasteiger partial charge in [-0.1, -0.05) is 70.4 Å². The monoisotopic (exact) mass is 291 g/mol. The van der Waals surface area contributed by atoms with Crippen LogP contribution < -0.4 is 10.1 Å². The lowest BCUT2D eigenvalue weighted by Gasteiger charge is -2.17. The molecule has 0 bridgehead atoms. The zero-order valence-electron chi connectivity index (χ0n) is 14.2. The Labute approximate surface area is 131 Å². The van der Waals surface area contributed by atoms with E-state index in [2.05, 4.69) is 31.4 Å². The fraction of sp³-hybridized carbons (Fsp3) is 0.684. The molecule has 0 fully saturated rings. The van der Waals surface area contributed by atoms with E-state index in [1.165, 1.54) is 63.4 Å². The number of ether oxygens (including phenoxy) is 1. The van der Waals surface area contributed by atoms with Crippen molar-refractivity contribution in [2.24, 2.45) is 0 Å². The van der Waals surface area contributed by atoms with Gasteiger partial charge in [-0.25, -0.2) is 0 Å². The summed E-state index contributed by atoms with van der Waals surface area (Å²) >= 11 is 0. The number of nitrogens with one attached hydrogen (secondary N) is 1. The Bertz CT molecular complexity index is 347. The quantitative estimate of drug-likeness (QED) is 0.514. The van der Waals surface area contributed by atoms with Crippen molar-refractivity contribution in [1.29, 1.82) is 0 Å². The lowest BCUT2D eigenvalue weighted by Crippen LogP contribution is -2.16. The van der Waals surface area contributed by atoms with E-state index in [-0.39, 0.29) is 0 Å². The summed E-state index contributed by atoms with van der Waals surface area (Å²) in [6.07, 6.45) is 12.3. The van der Waals surface area contributed by atoms with Gasteiger partial charge in [0.25, 0.3) is 0 Å². The lowest BCUT2D eigenvalue weighted by atomic mass is 9.99. The van der Waals surface area contributed by atoms with Crippen LogP contribution in [0.5, 0.6) is 5.75 Å². The van der Waals surface area contributed by atoms with E-state index < -0.39 is 0 Å². The molecule has 0 spiro atoms. The van der Waals surface area contributed by atoms with Gasteiger partial charge in [-0.05, 0) is 31.2 Å². The smallest absolute Gasteiger partial charge is 0.118 e. The van der Waals surface area contributed by atoms with Gasteiger partial charge in [-0.15, -0.1) is 0 Å². The Morgan fingerprint density at radius 2 is 1.48 bits per heavy atom. The zero-order chi connectivity index (χ0) is 15.3. The van der Waals surface area contributed by atoms with Crippen molar-refractivity contribution in [3.63, 3.8) is 0 Å². The Hall–Kier alpha value is -1.02. The molecule has 2 heteroatoms. The minimum atomic E-state index is 0.469. The van der Waals surface area contributed by atoms with Crippen molar-refractivity contribution in [3.8, 4) is 5.75 Å². The molecule has 1 unspecified atom stereocenters. The molecule has 0 saturated carbocycles. The van der Waals surface area contributed by atoms with E-state index in [1.54, 1.807) is 7.11 Å². The van der Waals surface area contributed by atoms with E-state index in [4.69, 9.17) is 4.74 Å². The van der Waals surface area contributed by atoms with E-state index in [9.17, 15) is 0 Å². The highest BCUT2D eigenvalue weighted by molar-refractivity contribution is 5.29. The van der Waals surface area contributed by atoms with Crippen LogP contribution in [-0.2, 0) is 0 Å². The average molecular weight is 291 g/mol. The topological polar surface area (TPSA) is 21.3 Å². The van der Waals surface area contributed by atoms with Gasteiger partial charge in [0.2, 0.25) is 0 Å². The van der Waals surface area contributed by atoms with Crippen molar-refractivity contribution >= 4 is 0 Å². The maximum absolute atomic E-state index is 5.22. The molecule has 1 atom stereocenters. The average Bonchev–Trinajstić information content (AvgIpc) is 2.54. The first kappa shape index (κ1) is 18.0. The molecular weight excluding hydrogens is 258 g/mol. The number of methoxy groups -OCH3 is 1. The van der Waals surface area contributed by atoms with Crippen LogP contribution in [0.1, 0.15) is 76.3 Å². The molecule has 0 aliphatic heterocycles. The van der Waals surface area contributed by atoms with Crippen molar-refractivity contribution in [2.75, 3.05) is 14.2 Å². The van der Waals surface area contributed by atoms with Crippen molar-refractivity contribution in [2.45, 2.75) is 70.8 Å². The molecule has 0 heterocycles. The van der Waals surface area contributed by atoms with Crippen molar-refractivity contribution < 1.29 is 4.74 Å². The second kappa shape index (κ2) is 11.6. The number of unbranched alkanes of at least 4 members (excludes halogenated alkanes) is 7. The Kier molecular flexibility index (Phi) is 9.98. The molecule has 0 amide bonds. The zero-order valence-corrected chi connectivity index (χ0v) is 14.2. The van der Waals surface area contributed by atoms with Crippen LogP contribution in [0.4, 0.5) is 0 Å². The summed E-state index contributed by atoms with van der Waals surface area (Å²) in [5.41, 5.74) is 1.36. The predicted molar refractivity (Wildman–Crippen MR) is 92.0 cm³/mol. The summed E-state index contributed by atoms with van der Waals surface area (Å²) < 4.78 is 5.22. The number of hydrogen-bond acceptors (Lipinski definition) is 2. The Morgan fingerprint density at radius 1 is 0.905 bits per heavy atom. The third kappa shape index (κ3) is 7.52. The van der Waals surface area contributed by atoms with Gasteiger partial charge in [0.15, 0.2) is 0 Å². The minimum absolute atomic E-state index is 0.469. The van der Waals surface area contributed by atoms with Crippen LogP contribution in [-0.4, -0.2) is 14.2 Å². The third-order valence-corrected chi connectivity index (χ3v) is 4.21. The highest BCUT2D eigenvalue weighted by Crippen LogP contribution is 2.22. The first-order chi connectivity index (χ1) is 10.3. The first-order valence-corrected chi connectivity index (χ1v) is 8.63. The highest BCUT2D eigenvalue weighted by Gasteiger charge is 2.08.